The highest BCUT2D eigenvalue weighted by Gasteiger charge is 2.47. The maximum Gasteiger partial charge on any atom is 0.314 e. The number of unbranched alkanes of at least 4 members (excludes halogenated alkanes) is 20. The van der Waals surface area contributed by atoms with Gasteiger partial charge in [0.15, 0.2) is 0 Å². The summed E-state index contributed by atoms with van der Waals surface area (Å²) in [5.41, 5.74) is 0. The summed E-state index contributed by atoms with van der Waals surface area (Å²) >= 11 is 0. The van der Waals surface area contributed by atoms with E-state index in [1.54, 1.807) is 0 Å². The molecule has 0 aliphatic rings. The largest absolute Gasteiger partial charge is 0.481 e. The summed E-state index contributed by atoms with van der Waals surface area (Å²) in [7, 11) is 0. The van der Waals surface area contributed by atoms with Crippen LogP contribution in [0.15, 0.2) is 72.9 Å². The lowest BCUT2D eigenvalue weighted by atomic mass is 9.93. The molecule has 1 atom stereocenters. The summed E-state index contributed by atoms with van der Waals surface area (Å²) in [6.07, 6.45) is 57.5. The van der Waals surface area contributed by atoms with Gasteiger partial charge in [0.25, 0.3) is 5.79 Å². The lowest BCUT2D eigenvalue weighted by Gasteiger charge is -2.36. The van der Waals surface area contributed by atoms with E-state index in [1.165, 1.54) is 51.9 Å². The van der Waals surface area contributed by atoms with Crippen LogP contribution >= 0.6 is 0 Å². The number of carboxylic acid groups (broad SMARTS) is 1. The summed E-state index contributed by atoms with van der Waals surface area (Å²) in [5.74, 6) is -5.05. The van der Waals surface area contributed by atoms with Gasteiger partial charge in [-0.05, 0) is 90.4 Å². The number of hydrogen-bond acceptors (Lipinski definition) is 5. The zero-order valence-electron chi connectivity index (χ0n) is 38.6. The molecule has 1 N–H and O–H groups in total. The topological polar surface area (TPSA) is 89.9 Å². The quantitative estimate of drug-likeness (QED) is 0.0285. The van der Waals surface area contributed by atoms with Gasteiger partial charge in [-0.2, -0.15) is 0 Å². The van der Waals surface area contributed by atoms with Crippen molar-refractivity contribution >= 4 is 17.9 Å². The van der Waals surface area contributed by atoms with Crippen LogP contribution in [0.4, 0.5) is 0 Å². The van der Waals surface area contributed by atoms with Crippen molar-refractivity contribution in [1.82, 2.24) is 0 Å². The van der Waals surface area contributed by atoms with Crippen molar-refractivity contribution in [2.45, 2.75) is 239 Å². The fourth-order valence-electron chi connectivity index (χ4n) is 7.00. The van der Waals surface area contributed by atoms with Crippen LogP contribution in [-0.4, -0.2) is 28.8 Å². The number of carboxylic acids is 1. The maximum atomic E-state index is 13.3. The molecule has 0 bridgehead atoms. The smallest absolute Gasteiger partial charge is 0.314 e. The number of esters is 2. The van der Waals surface area contributed by atoms with Crippen molar-refractivity contribution < 1.29 is 29.0 Å². The Labute approximate surface area is 363 Å². The molecular formula is C53H90O6. The number of allylic oxidation sites excluding steroid dienone is 12. The zero-order chi connectivity index (χ0) is 43.3. The molecule has 6 nitrogen and oxygen atoms in total. The second-order valence-corrected chi connectivity index (χ2v) is 16.3. The Morgan fingerprint density at radius 2 is 0.763 bits per heavy atom. The molecule has 0 heterocycles. The molecule has 0 aromatic rings. The Morgan fingerprint density at radius 3 is 1.14 bits per heavy atom. The van der Waals surface area contributed by atoms with Crippen molar-refractivity contribution in [3.8, 4) is 0 Å². The average Bonchev–Trinajstić information content (AvgIpc) is 3.22. The van der Waals surface area contributed by atoms with Gasteiger partial charge in [0.05, 0.1) is 0 Å². The molecule has 0 aromatic carbocycles. The fraction of sp³-hybridized carbons (Fsp3) is 0.717. The summed E-state index contributed by atoms with van der Waals surface area (Å²) in [6, 6.07) is 0. The summed E-state index contributed by atoms with van der Waals surface area (Å²) in [6.45, 7) is 8.04. The van der Waals surface area contributed by atoms with E-state index >= 15 is 0 Å². The van der Waals surface area contributed by atoms with Gasteiger partial charge in [-0.3, -0.25) is 14.4 Å². The Bertz CT molecular complexity index is 1110. The molecule has 0 aliphatic carbocycles. The number of rotatable bonds is 42. The van der Waals surface area contributed by atoms with Gasteiger partial charge in [-0.15, -0.1) is 0 Å². The van der Waals surface area contributed by atoms with Crippen LogP contribution in [0.5, 0.6) is 0 Å². The first-order chi connectivity index (χ1) is 28.8. The number of ether oxygens (including phenoxy) is 2. The molecule has 59 heavy (non-hydrogen) atoms. The van der Waals surface area contributed by atoms with E-state index < -0.39 is 29.6 Å². The van der Waals surface area contributed by atoms with Gasteiger partial charge in [-0.1, -0.05) is 196 Å². The van der Waals surface area contributed by atoms with E-state index in [-0.39, 0.29) is 19.3 Å². The first-order valence-electron chi connectivity index (χ1n) is 24.4. The molecule has 0 aromatic heterocycles. The van der Waals surface area contributed by atoms with Crippen LogP contribution in [0.1, 0.15) is 233 Å². The second kappa shape index (κ2) is 43.0. The molecular weight excluding hydrogens is 733 g/mol. The molecule has 338 valence electrons. The SMILES string of the molecule is CC/C=C\C/C=C\C/C=C\CCCCCCCC(=O)OC(CCCCCCCCCCCCC)(OC(=O)CCCCCCC/C=C\C/C=C\C/C=C\CC)C(C)C(=O)O. The van der Waals surface area contributed by atoms with Crippen molar-refractivity contribution in [2.75, 3.05) is 0 Å². The zero-order valence-corrected chi connectivity index (χ0v) is 38.6. The molecule has 0 radical (unpaired) electrons. The average molecular weight is 823 g/mol. The van der Waals surface area contributed by atoms with Gasteiger partial charge in [-0.25, -0.2) is 0 Å². The van der Waals surface area contributed by atoms with Crippen molar-refractivity contribution in [3.05, 3.63) is 72.9 Å². The highest BCUT2D eigenvalue weighted by molar-refractivity contribution is 5.76. The Hall–Kier alpha value is -3.15. The molecule has 0 saturated heterocycles. The van der Waals surface area contributed by atoms with Crippen molar-refractivity contribution in [2.24, 2.45) is 5.92 Å². The summed E-state index contributed by atoms with van der Waals surface area (Å²) < 4.78 is 12.0. The summed E-state index contributed by atoms with van der Waals surface area (Å²) in [5, 5.41) is 10.2. The molecule has 0 fully saturated rings. The maximum absolute atomic E-state index is 13.3. The van der Waals surface area contributed by atoms with E-state index in [0.717, 1.165) is 122 Å². The monoisotopic (exact) mass is 823 g/mol. The number of hydrogen-bond donors (Lipinski definition) is 1. The molecule has 0 aliphatic heterocycles. The highest BCUT2D eigenvalue weighted by atomic mass is 16.7. The molecule has 1 unspecified atom stereocenters. The van der Waals surface area contributed by atoms with Crippen molar-refractivity contribution in [3.63, 3.8) is 0 Å². The molecule has 0 spiro atoms. The van der Waals surface area contributed by atoms with Crippen LogP contribution < -0.4 is 0 Å². The lowest BCUT2D eigenvalue weighted by Crippen LogP contribution is -2.48. The first kappa shape index (κ1) is 55.9. The van der Waals surface area contributed by atoms with Crippen LogP contribution in [-0.2, 0) is 23.9 Å². The van der Waals surface area contributed by atoms with Crippen LogP contribution in [0, 0.1) is 5.92 Å². The summed E-state index contributed by atoms with van der Waals surface area (Å²) in [4.78, 5) is 39.0. The third-order valence-corrected chi connectivity index (χ3v) is 10.8. The minimum absolute atomic E-state index is 0.187. The van der Waals surface area contributed by atoms with Crippen LogP contribution in [0.25, 0.3) is 0 Å². The minimum Gasteiger partial charge on any atom is -0.481 e. The Balaban J connectivity index is 4.95. The molecule has 0 rings (SSSR count). The number of carbonyl (C=O) groups is 3. The number of aliphatic carboxylic acids is 1. The molecule has 0 amide bonds. The fourth-order valence-corrected chi connectivity index (χ4v) is 7.00. The van der Waals surface area contributed by atoms with Gasteiger partial charge in [0.2, 0.25) is 0 Å². The van der Waals surface area contributed by atoms with Gasteiger partial charge in [0, 0.05) is 19.3 Å². The highest BCUT2D eigenvalue weighted by Crippen LogP contribution is 2.33. The van der Waals surface area contributed by atoms with Gasteiger partial charge in [0.1, 0.15) is 5.92 Å². The predicted molar refractivity (Wildman–Crippen MR) is 251 cm³/mol. The second-order valence-electron chi connectivity index (χ2n) is 16.3. The van der Waals surface area contributed by atoms with Crippen molar-refractivity contribution in [1.29, 1.82) is 0 Å². The third-order valence-electron chi connectivity index (χ3n) is 10.8. The molecule has 6 heteroatoms. The first-order valence-corrected chi connectivity index (χ1v) is 24.4. The minimum atomic E-state index is -1.79. The van der Waals surface area contributed by atoms with Gasteiger partial charge >= 0.3 is 17.9 Å². The van der Waals surface area contributed by atoms with E-state index in [2.05, 4.69) is 93.7 Å². The lowest BCUT2D eigenvalue weighted by molar-refractivity contribution is -0.250. The van der Waals surface area contributed by atoms with E-state index in [1.807, 2.05) is 0 Å². The van der Waals surface area contributed by atoms with Crippen LogP contribution in [0.2, 0.25) is 0 Å². The third kappa shape index (κ3) is 36.4. The van der Waals surface area contributed by atoms with Gasteiger partial charge < -0.3 is 14.6 Å². The predicted octanol–water partition coefficient (Wildman–Crippen LogP) is 16.4. The Kier molecular flexibility index (Phi) is 40.7. The normalized spacial score (nSPS) is 13.0. The Morgan fingerprint density at radius 1 is 0.441 bits per heavy atom. The standard InChI is InChI=1S/C53H90O6/c1-5-8-11-14-17-20-23-25-27-29-31-34-37-40-43-46-50(54)58-53(49(4)52(56)57,48-45-42-39-36-33-22-19-16-13-10-7-3)59-51(55)47-44-41-38-35-32-30-28-26-24-21-18-15-12-9-6-2/h8-9,11-12,17-18,20-21,25-28,49H,5-7,10,13-16,19,22-24,29-48H2,1-4H3,(H,56,57)/b11-8-,12-9-,20-17-,21-18-,27-25-,28-26-. The van der Waals surface area contributed by atoms with Crippen LogP contribution in [0.3, 0.4) is 0 Å². The van der Waals surface area contributed by atoms with E-state index in [0.29, 0.717) is 19.3 Å². The van der Waals surface area contributed by atoms with E-state index in [9.17, 15) is 19.5 Å². The van der Waals surface area contributed by atoms with E-state index in [4.69, 9.17) is 9.47 Å². The number of carbonyl (C=O) groups excluding carboxylic acids is 2. The molecule has 0 saturated carbocycles.